The summed E-state index contributed by atoms with van der Waals surface area (Å²) in [6, 6.07) is 3.70. The summed E-state index contributed by atoms with van der Waals surface area (Å²) in [4.78, 5) is 0. The van der Waals surface area contributed by atoms with Gasteiger partial charge in [0.2, 0.25) is 0 Å². The van der Waals surface area contributed by atoms with Crippen LogP contribution in [0.3, 0.4) is 0 Å². The van der Waals surface area contributed by atoms with Crippen molar-refractivity contribution in [1.29, 1.82) is 0 Å². The van der Waals surface area contributed by atoms with Gasteiger partial charge in [-0.05, 0) is 52.8 Å². The lowest BCUT2D eigenvalue weighted by atomic mass is 9.98. The Hall–Kier alpha value is -1.98. The molecule has 2 aromatic rings. The van der Waals surface area contributed by atoms with Crippen molar-refractivity contribution in [2.24, 2.45) is 7.05 Å². The first-order valence-corrected chi connectivity index (χ1v) is 6.79. The molecule has 1 aromatic carbocycles. The average Bonchev–Trinajstić information content (AvgIpc) is 3.16. The number of ether oxygens (including phenoxy) is 1. The maximum absolute atomic E-state index is 14.1. The lowest BCUT2D eigenvalue weighted by molar-refractivity contribution is 0.408. The first kappa shape index (κ1) is 13.0. The second-order valence-electron chi connectivity index (χ2n) is 5.53. The van der Waals surface area contributed by atoms with Gasteiger partial charge in [0.1, 0.15) is 11.6 Å². The Morgan fingerprint density at radius 2 is 2.10 bits per heavy atom. The Bertz CT molecular complexity index is 634. The molecule has 0 saturated heterocycles. The van der Waals surface area contributed by atoms with E-state index >= 15 is 0 Å². The van der Waals surface area contributed by atoms with Crippen LogP contribution in [0.2, 0.25) is 0 Å². The molecule has 5 nitrogen and oxygen atoms in total. The molecule has 1 saturated carbocycles. The van der Waals surface area contributed by atoms with Gasteiger partial charge in [-0.2, -0.15) is 4.68 Å². The minimum Gasteiger partial charge on any atom is -0.423 e. The van der Waals surface area contributed by atoms with E-state index in [1.807, 2.05) is 13.8 Å². The van der Waals surface area contributed by atoms with Crippen LogP contribution in [0.15, 0.2) is 12.1 Å². The van der Waals surface area contributed by atoms with Gasteiger partial charge in [-0.15, -0.1) is 0 Å². The van der Waals surface area contributed by atoms with E-state index in [2.05, 4.69) is 15.5 Å². The van der Waals surface area contributed by atoms with Crippen LogP contribution in [0, 0.1) is 5.82 Å². The van der Waals surface area contributed by atoms with Gasteiger partial charge < -0.3 is 4.74 Å². The fraction of sp³-hybridized carbons (Fsp3) is 0.500. The molecule has 1 aliphatic carbocycles. The summed E-state index contributed by atoms with van der Waals surface area (Å²) in [6.45, 7) is 3.92. The Kier molecular flexibility index (Phi) is 3.16. The van der Waals surface area contributed by atoms with Crippen molar-refractivity contribution < 1.29 is 9.13 Å². The van der Waals surface area contributed by atoms with E-state index in [9.17, 15) is 4.39 Å². The molecule has 0 radical (unpaired) electrons. The molecule has 0 aliphatic heterocycles. The third kappa shape index (κ3) is 2.37. The molecule has 0 atom stereocenters. The second kappa shape index (κ2) is 4.85. The van der Waals surface area contributed by atoms with Crippen molar-refractivity contribution >= 4 is 0 Å². The van der Waals surface area contributed by atoms with Crippen LogP contribution < -0.4 is 4.74 Å². The van der Waals surface area contributed by atoms with Crippen LogP contribution in [-0.2, 0) is 7.05 Å². The monoisotopic (exact) mass is 276 g/mol. The summed E-state index contributed by atoms with van der Waals surface area (Å²) in [5, 5.41) is 11.1. The minimum atomic E-state index is -0.162. The van der Waals surface area contributed by atoms with E-state index in [0.717, 1.165) is 18.4 Å². The average molecular weight is 276 g/mol. The summed E-state index contributed by atoms with van der Waals surface area (Å²) < 4.78 is 21.4. The van der Waals surface area contributed by atoms with Crippen LogP contribution in [0.4, 0.5) is 4.39 Å². The van der Waals surface area contributed by atoms with Crippen LogP contribution in [0.5, 0.6) is 11.8 Å². The second-order valence-corrected chi connectivity index (χ2v) is 5.53. The maximum Gasteiger partial charge on any atom is 0.340 e. The molecule has 3 rings (SSSR count). The van der Waals surface area contributed by atoms with Crippen molar-refractivity contribution in [2.75, 3.05) is 0 Å². The highest BCUT2D eigenvalue weighted by Crippen LogP contribution is 2.46. The third-order valence-electron chi connectivity index (χ3n) is 3.55. The zero-order valence-electron chi connectivity index (χ0n) is 11.8. The predicted octanol–water partition coefficient (Wildman–Crippen LogP) is 3.14. The zero-order chi connectivity index (χ0) is 14.3. The Balaban J connectivity index is 2.02. The van der Waals surface area contributed by atoms with Crippen molar-refractivity contribution in [3.05, 3.63) is 29.1 Å². The van der Waals surface area contributed by atoms with Crippen molar-refractivity contribution in [3.8, 4) is 11.8 Å². The third-order valence-corrected chi connectivity index (χ3v) is 3.55. The quantitative estimate of drug-likeness (QED) is 0.860. The van der Waals surface area contributed by atoms with Gasteiger partial charge in [0.25, 0.3) is 0 Å². The molecule has 0 N–H and O–H groups in total. The van der Waals surface area contributed by atoms with Crippen molar-refractivity contribution in [2.45, 2.75) is 38.5 Å². The molecule has 0 spiro atoms. The number of tetrazole rings is 1. The van der Waals surface area contributed by atoms with Crippen LogP contribution in [0.25, 0.3) is 0 Å². The first-order chi connectivity index (χ1) is 9.56. The summed E-state index contributed by atoms with van der Waals surface area (Å²) in [6.07, 6.45) is 2.15. The molecule has 6 heteroatoms. The molecule has 1 aliphatic rings. The highest BCUT2D eigenvalue weighted by Gasteiger charge is 2.29. The number of hydrogen-bond donors (Lipinski definition) is 0. The molecule has 1 heterocycles. The SMILES string of the molecule is CC(C)c1cc(Oc2nnnn2C)c(C2CC2)cc1F. The predicted molar refractivity (Wildman–Crippen MR) is 71.3 cm³/mol. The highest BCUT2D eigenvalue weighted by molar-refractivity contribution is 5.44. The summed E-state index contributed by atoms with van der Waals surface area (Å²) in [5.74, 6) is 0.992. The van der Waals surface area contributed by atoms with E-state index < -0.39 is 0 Å². The molecule has 0 bridgehead atoms. The van der Waals surface area contributed by atoms with Crippen LogP contribution in [0.1, 0.15) is 49.7 Å². The van der Waals surface area contributed by atoms with Crippen LogP contribution in [-0.4, -0.2) is 20.2 Å². The largest absolute Gasteiger partial charge is 0.423 e. The van der Waals surface area contributed by atoms with E-state index in [1.165, 1.54) is 4.68 Å². The van der Waals surface area contributed by atoms with Crippen molar-refractivity contribution in [1.82, 2.24) is 20.2 Å². The fourth-order valence-corrected chi connectivity index (χ4v) is 2.23. The molecule has 106 valence electrons. The molecule has 0 amide bonds. The Labute approximate surface area is 116 Å². The Morgan fingerprint density at radius 3 is 2.65 bits per heavy atom. The summed E-state index contributed by atoms with van der Waals surface area (Å²) in [7, 11) is 1.71. The first-order valence-electron chi connectivity index (χ1n) is 6.79. The summed E-state index contributed by atoms with van der Waals surface area (Å²) >= 11 is 0. The van der Waals surface area contributed by atoms with Crippen molar-refractivity contribution in [3.63, 3.8) is 0 Å². The minimum absolute atomic E-state index is 0.100. The van der Waals surface area contributed by atoms with E-state index in [4.69, 9.17) is 4.74 Å². The zero-order valence-corrected chi connectivity index (χ0v) is 11.8. The number of benzene rings is 1. The van der Waals surface area contributed by atoms with Crippen LogP contribution >= 0.6 is 0 Å². The number of halogens is 1. The molecule has 0 unspecified atom stereocenters. The Morgan fingerprint density at radius 1 is 1.35 bits per heavy atom. The van der Waals surface area contributed by atoms with Gasteiger partial charge in [-0.1, -0.05) is 18.9 Å². The number of nitrogens with zero attached hydrogens (tertiary/aromatic N) is 4. The molecular formula is C14H17FN4O. The summed E-state index contributed by atoms with van der Waals surface area (Å²) in [5.41, 5.74) is 1.56. The lowest BCUT2D eigenvalue weighted by Crippen LogP contribution is -2.01. The fourth-order valence-electron chi connectivity index (χ4n) is 2.23. The number of aryl methyl sites for hydroxylation is 1. The van der Waals surface area contributed by atoms with Gasteiger partial charge in [-0.25, -0.2) is 4.39 Å². The molecule has 1 fully saturated rings. The molecular weight excluding hydrogens is 259 g/mol. The van der Waals surface area contributed by atoms with Gasteiger partial charge >= 0.3 is 6.01 Å². The maximum atomic E-state index is 14.1. The lowest BCUT2D eigenvalue weighted by Gasteiger charge is -2.14. The smallest absolute Gasteiger partial charge is 0.340 e. The van der Waals surface area contributed by atoms with E-state index in [1.54, 1.807) is 19.2 Å². The van der Waals surface area contributed by atoms with E-state index in [0.29, 0.717) is 23.2 Å². The topological polar surface area (TPSA) is 52.8 Å². The van der Waals surface area contributed by atoms with Gasteiger partial charge in [0, 0.05) is 12.6 Å². The molecule has 20 heavy (non-hydrogen) atoms. The highest BCUT2D eigenvalue weighted by atomic mass is 19.1. The normalized spacial score (nSPS) is 14.8. The number of rotatable bonds is 4. The van der Waals surface area contributed by atoms with Gasteiger partial charge in [0.15, 0.2) is 0 Å². The number of aromatic nitrogens is 4. The van der Waals surface area contributed by atoms with E-state index in [-0.39, 0.29) is 11.7 Å². The number of hydrogen-bond acceptors (Lipinski definition) is 4. The molecule has 1 aromatic heterocycles. The van der Waals surface area contributed by atoms with Gasteiger partial charge in [0.05, 0.1) is 0 Å². The standard InChI is InChI=1S/C14H17FN4O/c1-8(2)10-7-13(20-14-16-17-18-19(14)3)11(6-12(10)15)9-4-5-9/h6-9H,4-5H2,1-3H3. The van der Waals surface area contributed by atoms with Gasteiger partial charge in [-0.3, -0.25) is 0 Å².